The largest absolute Gasteiger partial charge is 0.490 e. The van der Waals surface area contributed by atoms with Gasteiger partial charge in [0, 0.05) is 48.7 Å². The minimum Gasteiger partial charge on any atom is -0.475 e. The maximum Gasteiger partial charge on any atom is 0.490 e. The number of halogens is 3. The van der Waals surface area contributed by atoms with Gasteiger partial charge in [-0.05, 0) is 43.4 Å². The number of hydrogen-bond acceptors (Lipinski definition) is 8. The molecule has 2 aliphatic rings. The van der Waals surface area contributed by atoms with Crippen LogP contribution in [0.5, 0.6) is 0 Å². The standard InChI is InChI=1S/C24H31N5O4S2.C2HF3O2/c1-2-35(31,32)29-5-3-16(4-6-29)20-13-26-23-18(20)11-17(12-19(23)24(25)30)21-15-34-22(27-21)14-28-7-9-33-10-8-28;3-2(4,5)1(6)7/h11-13,15-16,26H,2-10,14H2,1H3,(H2,25,30);(H,6,7). The Morgan fingerprint density at radius 3 is 2.40 bits per heavy atom. The van der Waals surface area contributed by atoms with Gasteiger partial charge in [-0.25, -0.2) is 22.5 Å². The molecule has 2 fully saturated rings. The number of carboxylic acid groups (broad SMARTS) is 1. The van der Waals surface area contributed by atoms with Crippen molar-refractivity contribution < 1.29 is 41.0 Å². The zero-order valence-corrected chi connectivity index (χ0v) is 24.4. The molecule has 0 unspecified atom stereocenters. The maximum absolute atomic E-state index is 12.3. The molecule has 4 N–H and O–H groups in total. The Kier molecular flexibility index (Phi) is 9.92. The van der Waals surface area contributed by atoms with Crippen LogP contribution < -0.4 is 5.73 Å². The lowest BCUT2D eigenvalue weighted by Gasteiger charge is -2.31. The second-order valence-electron chi connectivity index (χ2n) is 9.95. The van der Waals surface area contributed by atoms with E-state index in [-0.39, 0.29) is 11.7 Å². The number of rotatable bonds is 7. The Morgan fingerprint density at radius 1 is 1.19 bits per heavy atom. The highest BCUT2D eigenvalue weighted by molar-refractivity contribution is 7.89. The number of carboxylic acids is 1. The van der Waals surface area contributed by atoms with E-state index in [1.54, 1.807) is 22.6 Å². The van der Waals surface area contributed by atoms with E-state index in [1.807, 2.05) is 17.6 Å². The number of morpholine rings is 1. The molecule has 16 heteroatoms. The predicted octanol–water partition coefficient (Wildman–Crippen LogP) is 3.38. The van der Waals surface area contributed by atoms with Gasteiger partial charge in [-0.3, -0.25) is 9.69 Å². The van der Waals surface area contributed by atoms with Gasteiger partial charge >= 0.3 is 12.1 Å². The highest BCUT2D eigenvalue weighted by Gasteiger charge is 2.38. The number of piperidine rings is 1. The Morgan fingerprint density at radius 2 is 1.83 bits per heavy atom. The third-order valence-corrected chi connectivity index (χ3v) is 10.0. The van der Waals surface area contributed by atoms with Crippen LogP contribution in [0.25, 0.3) is 22.2 Å². The smallest absolute Gasteiger partial charge is 0.475 e. The van der Waals surface area contributed by atoms with Gasteiger partial charge in [0.1, 0.15) is 5.01 Å². The normalized spacial score (nSPS) is 17.6. The molecule has 2 saturated heterocycles. The number of H-pyrrole nitrogens is 1. The lowest BCUT2D eigenvalue weighted by Crippen LogP contribution is -2.38. The number of carbonyl (C=O) groups is 2. The van der Waals surface area contributed by atoms with Crippen molar-refractivity contribution in [1.29, 1.82) is 0 Å². The molecule has 0 bridgehead atoms. The highest BCUT2D eigenvalue weighted by Crippen LogP contribution is 2.37. The first kappa shape index (κ1) is 31.9. The fourth-order valence-corrected chi connectivity index (χ4v) is 7.00. The minimum atomic E-state index is -5.08. The Bertz CT molecular complexity index is 1520. The Balaban J connectivity index is 0.000000517. The SMILES string of the molecule is CCS(=O)(=O)N1CCC(c2c[nH]c3c(C(N)=O)cc(-c4csc(CN5CCOCC5)n4)cc23)CC1.O=C(O)C(F)(F)F. The first-order valence-corrected chi connectivity index (χ1v) is 15.8. The molecule has 230 valence electrons. The quantitative estimate of drug-likeness (QED) is 0.358. The summed E-state index contributed by atoms with van der Waals surface area (Å²) in [5, 5.41) is 11.1. The number of thiazole rings is 1. The molecule has 0 saturated carbocycles. The minimum absolute atomic E-state index is 0.122. The first-order valence-electron chi connectivity index (χ1n) is 13.3. The number of aromatic amines is 1. The molecule has 0 spiro atoms. The number of ether oxygens (including phenoxy) is 1. The van der Waals surface area contributed by atoms with Crippen LogP contribution in [0.4, 0.5) is 13.2 Å². The van der Waals surface area contributed by atoms with Crippen molar-refractivity contribution >= 4 is 44.1 Å². The Labute approximate surface area is 244 Å². The van der Waals surface area contributed by atoms with Crippen molar-refractivity contribution in [2.24, 2.45) is 5.73 Å². The maximum atomic E-state index is 12.3. The van der Waals surface area contributed by atoms with Crippen LogP contribution >= 0.6 is 11.3 Å². The number of amides is 1. The van der Waals surface area contributed by atoms with Gasteiger partial charge in [-0.2, -0.15) is 13.2 Å². The monoisotopic (exact) mass is 631 g/mol. The van der Waals surface area contributed by atoms with Gasteiger partial charge < -0.3 is 20.6 Å². The van der Waals surface area contributed by atoms with Gasteiger partial charge in [0.25, 0.3) is 5.91 Å². The van der Waals surface area contributed by atoms with Gasteiger partial charge in [-0.1, -0.05) is 0 Å². The highest BCUT2D eigenvalue weighted by atomic mass is 32.2. The number of hydrogen-bond donors (Lipinski definition) is 3. The van der Waals surface area contributed by atoms with Crippen LogP contribution in [0.15, 0.2) is 23.7 Å². The summed E-state index contributed by atoms with van der Waals surface area (Å²) in [7, 11) is -3.18. The molecule has 11 nitrogen and oxygen atoms in total. The van der Waals surface area contributed by atoms with E-state index in [1.165, 1.54) is 0 Å². The lowest BCUT2D eigenvalue weighted by atomic mass is 9.89. The summed E-state index contributed by atoms with van der Waals surface area (Å²) < 4.78 is 63.3. The molecular weight excluding hydrogens is 599 g/mol. The predicted molar refractivity (Wildman–Crippen MR) is 151 cm³/mol. The van der Waals surface area contributed by atoms with Gasteiger partial charge in [0.05, 0.1) is 42.3 Å². The van der Waals surface area contributed by atoms with E-state index in [9.17, 15) is 26.4 Å². The second-order valence-corrected chi connectivity index (χ2v) is 13.1. The molecule has 0 aliphatic carbocycles. The second kappa shape index (κ2) is 13.1. The van der Waals surface area contributed by atoms with Crippen LogP contribution in [0.2, 0.25) is 0 Å². The lowest BCUT2D eigenvalue weighted by molar-refractivity contribution is -0.192. The van der Waals surface area contributed by atoms with Crippen molar-refractivity contribution in [2.45, 2.75) is 38.4 Å². The van der Waals surface area contributed by atoms with E-state index in [0.29, 0.717) is 18.7 Å². The van der Waals surface area contributed by atoms with Gasteiger partial charge in [0.2, 0.25) is 10.0 Å². The molecular formula is C26H32F3N5O6S2. The van der Waals surface area contributed by atoms with Crippen LogP contribution in [0.3, 0.4) is 0 Å². The zero-order chi connectivity index (χ0) is 30.7. The van der Waals surface area contributed by atoms with Crippen LogP contribution in [0.1, 0.15) is 46.6 Å². The average molecular weight is 632 g/mol. The van der Waals surface area contributed by atoms with Crippen molar-refractivity contribution in [3.8, 4) is 11.3 Å². The summed E-state index contributed by atoms with van der Waals surface area (Å²) >= 11 is 1.62. The topological polar surface area (TPSA) is 159 Å². The van der Waals surface area contributed by atoms with Crippen LogP contribution in [-0.2, 0) is 26.1 Å². The number of alkyl halides is 3. The third-order valence-electron chi connectivity index (χ3n) is 7.29. The van der Waals surface area contributed by atoms with E-state index in [4.69, 9.17) is 25.4 Å². The number of aromatic nitrogens is 2. The van der Waals surface area contributed by atoms with E-state index >= 15 is 0 Å². The molecule has 2 aliphatic heterocycles. The fraction of sp³-hybridized carbons (Fsp3) is 0.500. The van der Waals surface area contributed by atoms with Crippen LogP contribution in [0, 0.1) is 0 Å². The van der Waals surface area contributed by atoms with Gasteiger partial charge in [0.15, 0.2) is 0 Å². The third kappa shape index (κ3) is 7.47. The van der Waals surface area contributed by atoms with Crippen molar-refractivity contribution in [3.05, 3.63) is 39.8 Å². The van der Waals surface area contributed by atoms with E-state index in [2.05, 4.69) is 16.0 Å². The number of primary amides is 1. The number of fused-ring (bicyclic) bond motifs is 1. The van der Waals surface area contributed by atoms with Crippen molar-refractivity contribution in [1.82, 2.24) is 19.2 Å². The molecule has 5 rings (SSSR count). The molecule has 1 amide bonds. The zero-order valence-electron chi connectivity index (χ0n) is 22.8. The van der Waals surface area contributed by atoms with Gasteiger partial charge in [-0.15, -0.1) is 11.3 Å². The summed E-state index contributed by atoms with van der Waals surface area (Å²) in [6, 6.07) is 3.89. The molecule has 2 aromatic heterocycles. The number of carbonyl (C=O) groups excluding carboxylic acids is 1. The molecule has 4 heterocycles. The summed E-state index contributed by atoms with van der Waals surface area (Å²) in [5.41, 5.74) is 9.72. The van der Waals surface area contributed by atoms with Crippen LogP contribution in [-0.4, -0.2) is 95.9 Å². The summed E-state index contributed by atoms with van der Waals surface area (Å²) in [6.45, 7) is 6.77. The number of nitrogens with two attached hydrogens (primary N) is 1. The number of nitrogens with zero attached hydrogens (tertiary/aromatic N) is 3. The van der Waals surface area contributed by atoms with Crippen molar-refractivity contribution in [2.75, 3.05) is 45.1 Å². The number of benzene rings is 1. The number of sulfonamides is 1. The van der Waals surface area contributed by atoms with E-state index in [0.717, 1.165) is 78.4 Å². The van der Waals surface area contributed by atoms with Crippen molar-refractivity contribution in [3.63, 3.8) is 0 Å². The van der Waals surface area contributed by atoms with E-state index < -0.39 is 28.1 Å². The molecule has 0 atom stereocenters. The average Bonchev–Trinajstić information content (AvgIpc) is 3.60. The first-order chi connectivity index (χ1) is 19.8. The molecule has 3 aromatic rings. The molecule has 42 heavy (non-hydrogen) atoms. The summed E-state index contributed by atoms with van der Waals surface area (Å²) in [5.74, 6) is -2.92. The fourth-order valence-electron chi connectivity index (χ4n) is 5.03. The number of aliphatic carboxylic acids is 1. The Hall–Kier alpha value is -3.05. The number of nitrogens with one attached hydrogen (secondary N) is 1. The summed E-state index contributed by atoms with van der Waals surface area (Å²) in [4.78, 5) is 31.7. The molecule has 1 aromatic carbocycles. The summed E-state index contributed by atoms with van der Waals surface area (Å²) in [6.07, 6.45) is -1.66. The molecule has 0 radical (unpaired) electrons.